The van der Waals surface area contributed by atoms with Gasteiger partial charge < -0.3 is 15.0 Å². The molecular formula is C14H10Cl2N2O2S. The van der Waals surface area contributed by atoms with E-state index in [1.54, 1.807) is 31.4 Å². The Kier molecular flexibility index (Phi) is 3.80. The van der Waals surface area contributed by atoms with Crippen LogP contribution < -0.4 is 10.5 Å². The number of anilines is 1. The van der Waals surface area contributed by atoms with Crippen LogP contribution in [0.3, 0.4) is 0 Å². The van der Waals surface area contributed by atoms with Crippen LogP contribution in [-0.4, -0.2) is 12.3 Å². The fraction of sp³-hybridized carbons (Fsp3) is 0.0714. The lowest BCUT2D eigenvalue weighted by molar-refractivity contribution is 0.416. The van der Waals surface area contributed by atoms with Gasteiger partial charge in [-0.15, -0.1) is 11.3 Å². The summed E-state index contributed by atoms with van der Waals surface area (Å²) in [6.07, 6.45) is 0. The zero-order chi connectivity index (χ0) is 15.0. The van der Waals surface area contributed by atoms with E-state index in [0.717, 1.165) is 4.88 Å². The monoisotopic (exact) mass is 340 g/mol. The molecule has 0 spiro atoms. The Labute approximate surface area is 135 Å². The summed E-state index contributed by atoms with van der Waals surface area (Å²) >= 11 is 13.7. The Morgan fingerprint density at radius 3 is 2.76 bits per heavy atom. The molecule has 2 heterocycles. The van der Waals surface area contributed by atoms with Crippen molar-refractivity contribution in [1.82, 2.24) is 5.16 Å². The van der Waals surface area contributed by atoms with Crippen LogP contribution in [0.4, 0.5) is 5.88 Å². The van der Waals surface area contributed by atoms with Crippen molar-refractivity contribution in [2.24, 2.45) is 0 Å². The third-order valence-electron chi connectivity index (χ3n) is 2.98. The molecule has 0 aliphatic heterocycles. The molecule has 21 heavy (non-hydrogen) atoms. The Hall–Kier alpha value is -1.69. The fourth-order valence-corrected chi connectivity index (χ4v) is 3.36. The Balaban J connectivity index is 2.27. The van der Waals surface area contributed by atoms with Crippen LogP contribution in [0.2, 0.25) is 10.0 Å². The molecule has 3 rings (SSSR count). The minimum Gasteiger partial charge on any atom is -0.496 e. The van der Waals surface area contributed by atoms with Gasteiger partial charge in [-0.25, -0.2) is 0 Å². The standard InChI is InChI=1S/C14H10Cl2N2O2S/c1-19-10-3-2-7(15)6-8(10)11-12(18-20-14(11)17)13-9(16)4-5-21-13/h2-6H,17H2,1H3. The van der Waals surface area contributed by atoms with Gasteiger partial charge in [-0.3, -0.25) is 0 Å². The first-order valence-electron chi connectivity index (χ1n) is 5.94. The summed E-state index contributed by atoms with van der Waals surface area (Å²) in [5.41, 5.74) is 7.85. The zero-order valence-corrected chi connectivity index (χ0v) is 13.2. The Morgan fingerprint density at radius 1 is 1.29 bits per heavy atom. The number of nitrogens with zero attached hydrogens (tertiary/aromatic N) is 1. The van der Waals surface area contributed by atoms with Crippen LogP contribution in [0, 0.1) is 0 Å². The van der Waals surface area contributed by atoms with Gasteiger partial charge in [0.15, 0.2) is 0 Å². The summed E-state index contributed by atoms with van der Waals surface area (Å²) in [5.74, 6) is 0.818. The van der Waals surface area contributed by atoms with Crippen molar-refractivity contribution >= 4 is 40.4 Å². The number of hydrogen-bond acceptors (Lipinski definition) is 5. The number of ether oxygens (including phenoxy) is 1. The van der Waals surface area contributed by atoms with Crippen molar-refractivity contribution in [3.05, 3.63) is 39.7 Å². The van der Waals surface area contributed by atoms with Crippen LogP contribution in [0.5, 0.6) is 5.75 Å². The summed E-state index contributed by atoms with van der Waals surface area (Å²) in [7, 11) is 1.58. The van der Waals surface area contributed by atoms with E-state index in [-0.39, 0.29) is 5.88 Å². The minimum atomic E-state index is 0.190. The van der Waals surface area contributed by atoms with Gasteiger partial charge in [0.2, 0.25) is 5.88 Å². The summed E-state index contributed by atoms with van der Waals surface area (Å²) in [4.78, 5) is 0.786. The highest BCUT2D eigenvalue weighted by molar-refractivity contribution is 7.14. The van der Waals surface area contributed by atoms with Gasteiger partial charge in [0.05, 0.1) is 22.6 Å². The molecule has 2 N–H and O–H groups in total. The van der Waals surface area contributed by atoms with Crippen LogP contribution >= 0.6 is 34.5 Å². The molecule has 4 nitrogen and oxygen atoms in total. The van der Waals surface area contributed by atoms with Crippen molar-refractivity contribution in [3.63, 3.8) is 0 Å². The molecule has 0 saturated carbocycles. The van der Waals surface area contributed by atoms with E-state index in [1.165, 1.54) is 11.3 Å². The highest BCUT2D eigenvalue weighted by atomic mass is 35.5. The van der Waals surface area contributed by atoms with Crippen molar-refractivity contribution in [2.45, 2.75) is 0 Å². The van der Waals surface area contributed by atoms with E-state index in [9.17, 15) is 0 Å². The summed E-state index contributed by atoms with van der Waals surface area (Å²) in [6.45, 7) is 0. The maximum atomic E-state index is 6.18. The van der Waals surface area contributed by atoms with Gasteiger partial charge in [0.1, 0.15) is 11.4 Å². The lowest BCUT2D eigenvalue weighted by atomic mass is 10.0. The largest absolute Gasteiger partial charge is 0.496 e. The molecule has 0 aliphatic rings. The van der Waals surface area contributed by atoms with Gasteiger partial charge in [-0.1, -0.05) is 28.4 Å². The van der Waals surface area contributed by atoms with Crippen LogP contribution in [0.25, 0.3) is 21.7 Å². The van der Waals surface area contributed by atoms with Crippen LogP contribution in [0.1, 0.15) is 0 Å². The summed E-state index contributed by atoms with van der Waals surface area (Å²) < 4.78 is 10.5. The molecule has 0 atom stereocenters. The molecule has 0 unspecified atom stereocenters. The van der Waals surface area contributed by atoms with Crippen molar-refractivity contribution in [2.75, 3.05) is 12.8 Å². The second kappa shape index (κ2) is 5.60. The lowest BCUT2D eigenvalue weighted by Crippen LogP contribution is -1.92. The third kappa shape index (κ3) is 2.48. The summed E-state index contributed by atoms with van der Waals surface area (Å²) in [6, 6.07) is 7.06. The van der Waals surface area contributed by atoms with Crippen LogP contribution in [-0.2, 0) is 0 Å². The maximum Gasteiger partial charge on any atom is 0.230 e. The smallest absolute Gasteiger partial charge is 0.230 e. The fourth-order valence-electron chi connectivity index (χ4n) is 2.06. The van der Waals surface area contributed by atoms with Gasteiger partial charge in [0.25, 0.3) is 0 Å². The quantitative estimate of drug-likeness (QED) is 0.731. The van der Waals surface area contributed by atoms with E-state index in [2.05, 4.69) is 5.16 Å². The number of rotatable bonds is 3. The Bertz CT molecular complexity index is 798. The molecule has 0 radical (unpaired) electrons. The van der Waals surface area contributed by atoms with E-state index >= 15 is 0 Å². The molecule has 7 heteroatoms. The number of nitrogen functional groups attached to an aromatic ring is 1. The average Bonchev–Trinajstić information content (AvgIpc) is 3.04. The van der Waals surface area contributed by atoms with Gasteiger partial charge in [0, 0.05) is 10.6 Å². The predicted octanol–water partition coefficient (Wildman–Crippen LogP) is 4.97. The molecule has 0 saturated heterocycles. The van der Waals surface area contributed by atoms with Crippen molar-refractivity contribution in [1.29, 1.82) is 0 Å². The number of hydrogen-bond donors (Lipinski definition) is 1. The second-order valence-corrected chi connectivity index (χ2v) is 5.97. The van der Waals surface area contributed by atoms with Gasteiger partial charge in [-0.05, 0) is 29.6 Å². The zero-order valence-electron chi connectivity index (χ0n) is 10.9. The van der Waals surface area contributed by atoms with Crippen molar-refractivity contribution < 1.29 is 9.26 Å². The second-order valence-electron chi connectivity index (χ2n) is 4.21. The third-order valence-corrected chi connectivity index (χ3v) is 4.56. The molecule has 0 aliphatic carbocycles. The number of thiophene rings is 1. The number of halogens is 2. The van der Waals surface area contributed by atoms with E-state index in [4.69, 9.17) is 38.2 Å². The van der Waals surface area contributed by atoms with E-state index < -0.39 is 0 Å². The average molecular weight is 341 g/mol. The van der Waals surface area contributed by atoms with E-state index in [0.29, 0.717) is 32.6 Å². The molecule has 108 valence electrons. The molecular weight excluding hydrogens is 331 g/mol. The molecule has 0 bridgehead atoms. The lowest BCUT2D eigenvalue weighted by Gasteiger charge is -2.09. The van der Waals surface area contributed by atoms with Gasteiger partial charge >= 0.3 is 0 Å². The molecule has 1 aromatic carbocycles. The number of benzene rings is 1. The first-order valence-corrected chi connectivity index (χ1v) is 7.57. The van der Waals surface area contributed by atoms with Crippen LogP contribution in [0.15, 0.2) is 34.2 Å². The first-order chi connectivity index (χ1) is 10.1. The SMILES string of the molecule is COc1ccc(Cl)cc1-c1c(-c2sccc2Cl)noc1N. The molecule has 0 fully saturated rings. The highest BCUT2D eigenvalue weighted by Gasteiger charge is 2.23. The molecule has 2 aromatic heterocycles. The Morgan fingerprint density at radius 2 is 2.10 bits per heavy atom. The first kappa shape index (κ1) is 14.3. The van der Waals surface area contributed by atoms with Crippen molar-refractivity contribution in [3.8, 4) is 27.4 Å². The van der Waals surface area contributed by atoms with E-state index in [1.807, 2.05) is 5.38 Å². The topological polar surface area (TPSA) is 61.3 Å². The molecule has 3 aromatic rings. The minimum absolute atomic E-state index is 0.190. The highest BCUT2D eigenvalue weighted by Crippen LogP contribution is 2.45. The summed E-state index contributed by atoms with van der Waals surface area (Å²) in [5, 5.41) is 7.06. The van der Waals surface area contributed by atoms with Gasteiger partial charge in [-0.2, -0.15) is 0 Å². The number of methoxy groups -OCH3 is 1. The normalized spacial score (nSPS) is 10.8. The number of nitrogens with two attached hydrogens (primary N) is 1. The maximum absolute atomic E-state index is 6.18. The number of aromatic nitrogens is 1. The predicted molar refractivity (Wildman–Crippen MR) is 86.2 cm³/mol. The molecule has 0 amide bonds.